The lowest BCUT2D eigenvalue weighted by Gasteiger charge is -2.31. The SMILES string of the molecule is C=CNC/N=C(\NC)Nc1cccc(CN2CCC(CC(=O)NCCCN)CC2)c1. The molecule has 0 bridgehead atoms. The first-order valence-electron chi connectivity index (χ1n) is 10.8. The van der Waals surface area contributed by atoms with Crippen LogP contribution in [0.15, 0.2) is 42.0 Å². The van der Waals surface area contributed by atoms with Crippen LogP contribution in [0.1, 0.15) is 31.2 Å². The van der Waals surface area contributed by atoms with Gasteiger partial charge in [-0.2, -0.15) is 0 Å². The Bertz CT molecular complexity index is 684. The van der Waals surface area contributed by atoms with Crippen molar-refractivity contribution in [2.45, 2.75) is 32.2 Å². The molecule has 0 aliphatic carbocycles. The van der Waals surface area contributed by atoms with Crippen molar-refractivity contribution in [1.29, 1.82) is 0 Å². The van der Waals surface area contributed by atoms with Gasteiger partial charge >= 0.3 is 0 Å². The lowest BCUT2D eigenvalue weighted by Crippen LogP contribution is -2.36. The summed E-state index contributed by atoms with van der Waals surface area (Å²) >= 11 is 0. The third-order valence-corrected chi connectivity index (χ3v) is 5.19. The average molecular weight is 416 g/mol. The van der Waals surface area contributed by atoms with Crippen molar-refractivity contribution < 1.29 is 4.79 Å². The Hall–Kier alpha value is -2.58. The maximum atomic E-state index is 12.0. The Labute approximate surface area is 180 Å². The highest BCUT2D eigenvalue weighted by Crippen LogP contribution is 2.22. The van der Waals surface area contributed by atoms with Crippen molar-refractivity contribution in [3.05, 3.63) is 42.6 Å². The Morgan fingerprint density at radius 3 is 2.87 bits per heavy atom. The summed E-state index contributed by atoms with van der Waals surface area (Å²) in [5.41, 5.74) is 7.73. The third kappa shape index (κ3) is 8.84. The van der Waals surface area contributed by atoms with Crippen LogP contribution in [-0.2, 0) is 11.3 Å². The summed E-state index contributed by atoms with van der Waals surface area (Å²) in [5.74, 6) is 1.34. The third-order valence-electron chi connectivity index (χ3n) is 5.19. The van der Waals surface area contributed by atoms with Gasteiger partial charge in [-0.3, -0.25) is 9.69 Å². The molecule has 8 nitrogen and oxygen atoms in total. The Kier molecular flexibility index (Phi) is 10.7. The Balaban J connectivity index is 1.78. The lowest BCUT2D eigenvalue weighted by atomic mass is 9.93. The van der Waals surface area contributed by atoms with Crippen LogP contribution in [-0.4, -0.2) is 56.7 Å². The molecule has 2 rings (SSSR count). The largest absolute Gasteiger partial charge is 0.373 e. The second-order valence-corrected chi connectivity index (χ2v) is 7.56. The van der Waals surface area contributed by atoms with Crippen LogP contribution in [0.3, 0.4) is 0 Å². The number of nitrogens with one attached hydrogen (secondary N) is 4. The number of hydrogen-bond acceptors (Lipinski definition) is 5. The number of likely N-dealkylation sites (tertiary alicyclic amines) is 1. The number of nitrogens with two attached hydrogens (primary N) is 1. The lowest BCUT2D eigenvalue weighted by molar-refractivity contribution is -0.122. The molecule has 0 spiro atoms. The molecule has 30 heavy (non-hydrogen) atoms. The van der Waals surface area contributed by atoms with Gasteiger partial charge in [0.15, 0.2) is 5.96 Å². The van der Waals surface area contributed by atoms with E-state index in [1.807, 2.05) is 13.1 Å². The van der Waals surface area contributed by atoms with Crippen LogP contribution in [0.4, 0.5) is 5.69 Å². The molecule has 1 aliphatic rings. The number of nitrogens with zero attached hydrogens (tertiary/aromatic N) is 2. The molecule has 166 valence electrons. The molecule has 1 amide bonds. The second-order valence-electron chi connectivity index (χ2n) is 7.56. The number of carbonyl (C=O) groups is 1. The highest BCUT2D eigenvalue weighted by Gasteiger charge is 2.21. The molecular weight excluding hydrogens is 378 g/mol. The fraction of sp³-hybridized carbons (Fsp3) is 0.545. The first kappa shape index (κ1) is 23.7. The highest BCUT2D eigenvalue weighted by atomic mass is 16.1. The molecule has 8 heteroatoms. The average Bonchev–Trinajstić information content (AvgIpc) is 2.75. The van der Waals surface area contributed by atoms with Crippen LogP contribution in [0.25, 0.3) is 0 Å². The standard InChI is InChI=1S/C22H37N7O/c1-3-25-17-27-22(24-2)28-20-7-4-6-19(14-20)16-29-12-8-18(9-13-29)15-21(30)26-11-5-10-23/h3-4,6-7,14,18,25H,1,5,8-13,15-17,23H2,2H3,(H,26,30)(H2,24,27,28). The van der Waals surface area contributed by atoms with Gasteiger partial charge in [-0.05, 0) is 68.7 Å². The minimum absolute atomic E-state index is 0.158. The molecule has 0 atom stereocenters. The quantitative estimate of drug-likeness (QED) is 0.213. The van der Waals surface area contributed by atoms with Gasteiger partial charge in [-0.15, -0.1) is 0 Å². The highest BCUT2D eigenvalue weighted by molar-refractivity contribution is 5.93. The van der Waals surface area contributed by atoms with Crippen LogP contribution >= 0.6 is 0 Å². The van der Waals surface area contributed by atoms with Gasteiger partial charge in [-0.25, -0.2) is 4.99 Å². The summed E-state index contributed by atoms with van der Waals surface area (Å²) in [6.07, 6.45) is 5.22. The first-order chi connectivity index (χ1) is 14.6. The summed E-state index contributed by atoms with van der Waals surface area (Å²) in [7, 11) is 1.84. The van der Waals surface area contributed by atoms with Gasteiger partial charge < -0.3 is 27.0 Å². The van der Waals surface area contributed by atoms with Gasteiger partial charge in [-0.1, -0.05) is 18.7 Å². The minimum Gasteiger partial charge on any atom is -0.373 e. The second kappa shape index (κ2) is 13.6. The number of carbonyl (C=O) groups excluding carboxylic acids is 1. The topological polar surface area (TPSA) is 107 Å². The molecule has 0 radical (unpaired) electrons. The molecule has 1 aliphatic heterocycles. The van der Waals surface area contributed by atoms with Crippen molar-refractivity contribution in [2.75, 3.05) is 45.2 Å². The van der Waals surface area contributed by atoms with Gasteiger partial charge in [0.25, 0.3) is 0 Å². The van der Waals surface area contributed by atoms with Crippen molar-refractivity contribution >= 4 is 17.6 Å². The van der Waals surface area contributed by atoms with Crippen molar-refractivity contribution in [2.24, 2.45) is 16.6 Å². The maximum Gasteiger partial charge on any atom is 0.220 e. The summed E-state index contributed by atoms with van der Waals surface area (Å²) in [6.45, 7) is 8.34. The van der Waals surface area contributed by atoms with Gasteiger partial charge in [0.1, 0.15) is 6.67 Å². The predicted octanol–water partition coefficient (Wildman–Crippen LogP) is 1.43. The Morgan fingerprint density at radius 2 is 2.17 bits per heavy atom. The predicted molar refractivity (Wildman–Crippen MR) is 124 cm³/mol. The molecule has 1 aromatic carbocycles. The number of piperidine rings is 1. The van der Waals surface area contributed by atoms with Crippen LogP contribution in [0, 0.1) is 5.92 Å². The van der Waals surface area contributed by atoms with Gasteiger partial charge in [0.2, 0.25) is 5.91 Å². The van der Waals surface area contributed by atoms with Crippen LogP contribution < -0.4 is 27.0 Å². The molecule has 0 saturated carbocycles. The Morgan fingerprint density at radius 1 is 1.37 bits per heavy atom. The molecular formula is C22H37N7O. The number of amides is 1. The number of rotatable bonds is 11. The van der Waals surface area contributed by atoms with Crippen LogP contribution in [0.5, 0.6) is 0 Å². The molecule has 0 aromatic heterocycles. The van der Waals surface area contributed by atoms with Crippen molar-refractivity contribution in [3.8, 4) is 0 Å². The van der Waals surface area contributed by atoms with E-state index in [2.05, 4.69) is 55.9 Å². The smallest absolute Gasteiger partial charge is 0.220 e. The zero-order valence-corrected chi connectivity index (χ0v) is 18.1. The van der Waals surface area contributed by atoms with E-state index in [1.54, 1.807) is 6.20 Å². The molecule has 6 N–H and O–H groups in total. The molecule has 1 aromatic rings. The van der Waals surface area contributed by atoms with Crippen molar-refractivity contribution in [3.63, 3.8) is 0 Å². The van der Waals surface area contributed by atoms with E-state index >= 15 is 0 Å². The molecule has 1 saturated heterocycles. The maximum absolute atomic E-state index is 12.0. The molecule has 1 fully saturated rings. The summed E-state index contributed by atoms with van der Waals surface area (Å²) in [6, 6.07) is 8.40. The van der Waals surface area contributed by atoms with Crippen LogP contribution in [0.2, 0.25) is 0 Å². The molecule has 1 heterocycles. The number of hydrogen-bond donors (Lipinski definition) is 5. The fourth-order valence-electron chi connectivity index (χ4n) is 3.53. The van der Waals surface area contributed by atoms with E-state index in [0.717, 1.165) is 44.6 Å². The van der Waals surface area contributed by atoms with E-state index in [4.69, 9.17) is 5.73 Å². The van der Waals surface area contributed by atoms with E-state index in [0.29, 0.717) is 38.1 Å². The van der Waals surface area contributed by atoms with E-state index in [9.17, 15) is 4.79 Å². The van der Waals surface area contributed by atoms with Gasteiger partial charge in [0.05, 0.1) is 0 Å². The van der Waals surface area contributed by atoms with Crippen molar-refractivity contribution in [1.82, 2.24) is 20.9 Å². The summed E-state index contributed by atoms with van der Waals surface area (Å²) < 4.78 is 0. The first-order valence-corrected chi connectivity index (χ1v) is 10.8. The minimum atomic E-state index is 0.158. The summed E-state index contributed by atoms with van der Waals surface area (Å²) in [4.78, 5) is 18.8. The van der Waals surface area contributed by atoms with Gasteiger partial charge in [0, 0.05) is 32.2 Å². The normalized spacial score (nSPS) is 15.5. The van der Waals surface area contributed by atoms with E-state index in [-0.39, 0.29) is 5.91 Å². The number of benzene rings is 1. The summed E-state index contributed by atoms with van der Waals surface area (Å²) in [5, 5.41) is 12.3. The zero-order valence-electron chi connectivity index (χ0n) is 18.1. The van der Waals surface area contributed by atoms with E-state index < -0.39 is 0 Å². The van der Waals surface area contributed by atoms with E-state index in [1.165, 1.54) is 5.56 Å². The monoisotopic (exact) mass is 415 g/mol. The zero-order chi connectivity index (χ0) is 21.6. The number of aliphatic imine (C=N–C) groups is 1. The molecule has 0 unspecified atom stereocenters. The fourth-order valence-corrected chi connectivity index (χ4v) is 3.53. The number of anilines is 1. The number of guanidine groups is 1.